The van der Waals surface area contributed by atoms with Crippen molar-refractivity contribution in [3.8, 4) is 0 Å². The third kappa shape index (κ3) is 4.23. The fraction of sp³-hybridized carbons (Fsp3) is 0.500. The Bertz CT molecular complexity index is 474. The van der Waals surface area contributed by atoms with Crippen LogP contribution in [0.5, 0.6) is 0 Å². The van der Waals surface area contributed by atoms with E-state index in [0.29, 0.717) is 5.56 Å². The van der Waals surface area contributed by atoms with E-state index in [4.69, 9.17) is 4.84 Å². The lowest BCUT2D eigenvalue weighted by molar-refractivity contribution is -0.137. The van der Waals surface area contributed by atoms with Crippen molar-refractivity contribution in [3.63, 3.8) is 0 Å². The Labute approximate surface area is 116 Å². The van der Waals surface area contributed by atoms with Gasteiger partial charge in [-0.25, -0.2) is 0 Å². The Morgan fingerprint density at radius 2 is 2.20 bits per heavy atom. The van der Waals surface area contributed by atoms with Crippen molar-refractivity contribution in [1.82, 2.24) is 4.90 Å². The largest absolute Gasteiger partial charge is 0.416 e. The van der Waals surface area contributed by atoms with Crippen LogP contribution in [0.4, 0.5) is 13.2 Å². The van der Waals surface area contributed by atoms with Gasteiger partial charge in [0, 0.05) is 6.54 Å². The maximum atomic E-state index is 12.5. The normalized spacial score (nSPS) is 21.3. The van der Waals surface area contributed by atoms with E-state index in [2.05, 4.69) is 10.1 Å². The fourth-order valence-corrected chi connectivity index (χ4v) is 2.18. The van der Waals surface area contributed by atoms with Crippen LogP contribution in [0.15, 0.2) is 29.4 Å². The first-order chi connectivity index (χ1) is 9.45. The van der Waals surface area contributed by atoms with Crippen LogP contribution in [0.25, 0.3) is 0 Å². The van der Waals surface area contributed by atoms with Crippen LogP contribution in [0.2, 0.25) is 0 Å². The Balaban J connectivity index is 1.94. The van der Waals surface area contributed by atoms with Crippen LogP contribution in [-0.4, -0.2) is 37.4 Å². The molecule has 1 heterocycles. The first-order valence-electron chi connectivity index (χ1n) is 6.50. The van der Waals surface area contributed by atoms with Crippen molar-refractivity contribution in [2.45, 2.75) is 25.1 Å². The maximum Gasteiger partial charge on any atom is 0.416 e. The van der Waals surface area contributed by atoms with Crippen molar-refractivity contribution in [2.75, 3.05) is 20.1 Å². The summed E-state index contributed by atoms with van der Waals surface area (Å²) in [7, 11) is 2.01. The Morgan fingerprint density at radius 3 is 2.90 bits per heavy atom. The molecule has 1 aromatic rings. The molecule has 1 saturated heterocycles. The van der Waals surface area contributed by atoms with Gasteiger partial charge in [-0.15, -0.1) is 0 Å². The molecule has 6 heteroatoms. The third-order valence-electron chi connectivity index (χ3n) is 3.21. The summed E-state index contributed by atoms with van der Waals surface area (Å²) in [5.41, 5.74) is -0.303. The van der Waals surface area contributed by atoms with Gasteiger partial charge in [0.05, 0.1) is 11.8 Å². The fourth-order valence-electron chi connectivity index (χ4n) is 2.18. The number of oxime groups is 1. The summed E-state index contributed by atoms with van der Waals surface area (Å²) in [5.74, 6) is 0. The second-order valence-electron chi connectivity index (χ2n) is 4.99. The van der Waals surface area contributed by atoms with Gasteiger partial charge in [0.15, 0.2) is 0 Å². The number of rotatable bonds is 3. The minimum atomic E-state index is -4.34. The predicted molar refractivity (Wildman–Crippen MR) is 70.6 cm³/mol. The molecule has 3 nitrogen and oxygen atoms in total. The SMILES string of the molecule is CN1CCCC(O/N=C/c2cccc(C(F)(F)F)c2)C1. The van der Waals surface area contributed by atoms with Gasteiger partial charge in [-0.1, -0.05) is 17.3 Å². The molecule has 2 rings (SSSR count). The molecule has 0 amide bonds. The average molecular weight is 286 g/mol. The molecule has 0 bridgehead atoms. The van der Waals surface area contributed by atoms with E-state index in [0.717, 1.165) is 38.1 Å². The summed E-state index contributed by atoms with van der Waals surface area (Å²) >= 11 is 0. The van der Waals surface area contributed by atoms with Crippen LogP contribution in [0.3, 0.4) is 0 Å². The first-order valence-corrected chi connectivity index (χ1v) is 6.50. The third-order valence-corrected chi connectivity index (χ3v) is 3.21. The van der Waals surface area contributed by atoms with Gasteiger partial charge in [0.1, 0.15) is 6.10 Å². The van der Waals surface area contributed by atoms with Gasteiger partial charge in [-0.3, -0.25) is 0 Å². The van der Waals surface area contributed by atoms with Crippen molar-refractivity contribution < 1.29 is 18.0 Å². The van der Waals surface area contributed by atoms with Gasteiger partial charge >= 0.3 is 6.18 Å². The number of hydrogen-bond acceptors (Lipinski definition) is 3. The number of hydrogen-bond donors (Lipinski definition) is 0. The molecule has 0 N–H and O–H groups in total. The summed E-state index contributed by atoms with van der Waals surface area (Å²) in [6.45, 7) is 1.83. The number of nitrogens with zero attached hydrogens (tertiary/aromatic N) is 2. The second-order valence-corrected chi connectivity index (χ2v) is 4.99. The van der Waals surface area contributed by atoms with Gasteiger partial charge < -0.3 is 9.74 Å². The molecular weight excluding hydrogens is 269 g/mol. The van der Waals surface area contributed by atoms with E-state index in [1.165, 1.54) is 12.3 Å². The zero-order chi connectivity index (χ0) is 14.6. The lowest BCUT2D eigenvalue weighted by Crippen LogP contribution is -2.36. The molecule has 1 unspecified atom stereocenters. The number of likely N-dealkylation sites (N-methyl/N-ethyl adjacent to an activating group) is 1. The number of halogens is 3. The Hall–Kier alpha value is -1.56. The molecule has 1 aliphatic heterocycles. The van der Waals surface area contributed by atoms with Gasteiger partial charge in [-0.2, -0.15) is 13.2 Å². The highest BCUT2D eigenvalue weighted by molar-refractivity contribution is 5.79. The smallest absolute Gasteiger partial charge is 0.391 e. The quantitative estimate of drug-likeness (QED) is 0.630. The first kappa shape index (κ1) is 14.8. The van der Waals surface area contributed by atoms with Gasteiger partial charge in [0.25, 0.3) is 0 Å². The van der Waals surface area contributed by atoms with E-state index < -0.39 is 11.7 Å². The molecule has 0 aromatic heterocycles. The topological polar surface area (TPSA) is 24.8 Å². The maximum absolute atomic E-state index is 12.5. The zero-order valence-corrected chi connectivity index (χ0v) is 11.2. The van der Waals surface area contributed by atoms with Crippen LogP contribution < -0.4 is 0 Å². The summed E-state index contributed by atoms with van der Waals surface area (Å²) in [6.07, 6.45) is -1.04. The van der Waals surface area contributed by atoms with Gasteiger partial charge in [-0.05, 0) is 44.1 Å². The highest BCUT2D eigenvalue weighted by Gasteiger charge is 2.30. The van der Waals surface area contributed by atoms with Crippen molar-refractivity contribution in [1.29, 1.82) is 0 Å². The lowest BCUT2D eigenvalue weighted by Gasteiger charge is -2.27. The number of piperidine rings is 1. The number of alkyl halides is 3. The highest BCUT2D eigenvalue weighted by Crippen LogP contribution is 2.29. The average Bonchev–Trinajstić information content (AvgIpc) is 2.38. The van der Waals surface area contributed by atoms with E-state index in [9.17, 15) is 13.2 Å². The summed E-state index contributed by atoms with van der Waals surface area (Å²) in [4.78, 5) is 7.48. The van der Waals surface area contributed by atoms with Crippen LogP contribution in [0.1, 0.15) is 24.0 Å². The Morgan fingerprint density at radius 1 is 1.40 bits per heavy atom. The van der Waals surface area contributed by atoms with E-state index in [-0.39, 0.29) is 6.10 Å². The molecule has 0 radical (unpaired) electrons. The van der Waals surface area contributed by atoms with Crippen molar-refractivity contribution in [2.24, 2.45) is 5.16 Å². The summed E-state index contributed by atoms with van der Waals surface area (Å²) < 4.78 is 37.6. The van der Waals surface area contributed by atoms with Crippen molar-refractivity contribution >= 4 is 6.21 Å². The molecule has 1 aromatic carbocycles. The van der Waals surface area contributed by atoms with Gasteiger partial charge in [0.2, 0.25) is 0 Å². The second kappa shape index (κ2) is 6.26. The minimum Gasteiger partial charge on any atom is -0.391 e. The lowest BCUT2D eigenvalue weighted by atomic mass is 10.1. The number of likely N-dealkylation sites (tertiary alicyclic amines) is 1. The number of benzene rings is 1. The standard InChI is InChI=1S/C14H17F3N2O/c1-19-7-3-6-13(10-19)20-18-9-11-4-2-5-12(8-11)14(15,16)17/h2,4-5,8-9,13H,3,6-7,10H2,1H3/b18-9+. The molecule has 20 heavy (non-hydrogen) atoms. The molecule has 1 fully saturated rings. The molecule has 0 saturated carbocycles. The monoisotopic (exact) mass is 286 g/mol. The molecule has 1 atom stereocenters. The summed E-state index contributed by atoms with van der Waals surface area (Å²) in [5, 5.41) is 3.80. The van der Waals surface area contributed by atoms with E-state index in [1.807, 2.05) is 7.05 Å². The molecule has 0 spiro atoms. The zero-order valence-electron chi connectivity index (χ0n) is 11.2. The van der Waals surface area contributed by atoms with E-state index in [1.54, 1.807) is 6.07 Å². The van der Waals surface area contributed by atoms with Crippen molar-refractivity contribution in [3.05, 3.63) is 35.4 Å². The molecule has 0 aliphatic carbocycles. The molecule has 1 aliphatic rings. The molecule has 110 valence electrons. The van der Waals surface area contributed by atoms with E-state index >= 15 is 0 Å². The summed E-state index contributed by atoms with van der Waals surface area (Å²) in [6, 6.07) is 5.02. The minimum absolute atomic E-state index is 0.01000. The van der Waals surface area contributed by atoms with Crippen LogP contribution in [0, 0.1) is 0 Å². The Kier molecular flexibility index (Phi) is 4.65. The predicted octanol–water partition coefficient (Wildman–Crippen LogP) is 3.15. The highest BCUT2D eigenvalue weighted by atomic mass is 19.4. The van der Waals surface area contributed by atoms with Crippen LogP contribution in [-0.2, 0) is 11.0 Å². The molecular formula is C14H17F3N2O. The van der Waals surface area contributed by atoms with Crippen LogP contribution >= 0.6 is 0 Å².